The fourth-order valence-corrected chi connectivity index (χ4v) is 2.98. The molecule has 4 rings (SSSR count). The Kier molecular flexibility index (Phi) is 3.97. The number of rotatable bonds is 4. The molecule has 0 fully saturated rings. The normalized spacial score (nSPS) is 16.1. The number of aromatic nitrogens is 2. The number of halogens is 1. The number of hydrogen-bond donors (Lipinski definition) is 0. The maximum Gasteiger partial charge on any atom is 0.268 e. The molecule has 2 heterocycles. The van der Waals surface area contributed by atoms with E-state index < -0.39 is 6.10 Å². The topological polar surface area (TPSA) is 51.4 Å². The zero-order valence-corrected chi connectivity index (χ0v) is 14.1. The van der Waals surface area contributed by atoms with Gasteiger partial charge < -0.3 is 14.2 Å². The van der Waals surface area contributed by atoms with Crippen LogP contribution in [0.3, 0.4) is 0 Å². The van der Waals surface area contributed by atoms with Crippen molar-refractivity contribution >= 4 is 0 Å². The van der Waals surface area contributed by atoms with Gasteiger partial charge in [-0.3, -0.25) is 0 Å². The Labute approximate surface area is 145 Å². The summed E-state index contributed by atoms with van der Waals surface area (Å²) in [4.78, 5) is 6.54. The Morgan fingerprint density at radius 1 is 1.16 bits per heavy atom. The van der Waals surface area contributed by atoms with E-state index in [2.05, 4.69) is 15.0 Å². The van der Waals surface area contributed by atoms with Crippen LogP contribution in [0.5, 0.6) is 5.75 Å². The number of ether oxygens (including phenoxy) is 1. The van der Waals surface area contributed by atoms with Crippen molar-refractivity contribution in [1.29, 1.82) is 0 Å². The van der Waals surface area contributed by atoms with E-state index in [-0.39, 0.29) is 11.6 Å². The van der Waals surface area contributed by atoms with Crippen molar-refractivity contribution in [2.75, 3.05) is 14.1 Å². The first-order chi connectivity index (χ1) is 12.1. The molecule has 0 N–H and O–H groups in total. The summed E-state index contributed by atoms with van der Waals surface area (Å²) < 4.78 is 24.8. The quantitative estimate of drug-likeness (QED) is 0.727. The number of benzene rings is 2. The molecule has 1 aliphatic heterocycles. The summed E-state index contributed by atoms with van der Waals surface area (Å²) in [6.07, 6.45) is 0.0809. The molecule has 1 unspecified atom stereocenters. The number of nitrogens with zero attached hydrogens (tertiary/aromatic N) is 3. The van der Waals surface area contributed by atoms with Gasteiger partial charge in [0, 0.05) is 24.1 Å². The van der Waals surface area contributed by atoms with Crippen LogP contribution < -0.4 is 4.74 Å². The van der Waals surface area contributed by atoms with Crippen molar-refractivity contribution in [2.45, 2.75) is 19.1 Å². The molecule has 0 aliphatic carbocycles. The molecule has 5 nitrogen and oxygen atoms in total. The Morgan fingerprint density at radius 2 is 1.96 bits per heavy atom. The third-order valence-electron chi connectivity index (χ3n) is 4.14. The summed E-state index contributed by atoms with van der Waals surface area (Å²) in [5.74, 6) is 0.783. The molecule has 128 valence electrons. The minimum absolute atomic E-state index is 0.278. The SMILES string of the molecule is CN(C)Cc1ccc(-c2noc(C3Cc4cccc(F)c4O3)n2)cc1. The van der Waals surface area contributed by atoms with Gasteiger partial charge in [-0.15, -0.1) is 0 Å². The minimum Gasteiger partial charge on any atom is -0.477 e. The van der Waals surface area contributed by atoms with Crippen molar-refractivity contribution in [3.05, 3.63) is 65.3 Å². The summed E-state index contributed by atoms with van der Waals surface area (Å²) >= 11 is 0. The zero-order valence-electron chi connectivity index (χ0n) is 14.1. The lowest BCUT2D eigenvalue weighted by molar-refractivity contribution is 0.178. The molecule has 3 aromatic rings. The van der Waals surface area contributed by atoms with Crippen molar-refractivity contribution in [1.82, 2.24) is 15.0 Å². The summed E-state index contributed by atoms with van der Waals surface area (Å²) in [6, 6.07) is 12.9. The molecular weight excluding hydrogens is 321 g/mol. The van der Waals surface area contributed by atoms with Crippen LogP contribution >= 0.6 is 0 Å². The van der Waals surface area contributed by atoms with Gasteiger partial charge >= 0.3 is 0 Å². The molecule has 0 radical (unpaired) electrons. The van der Waals surface area contributed by atoms with Crippen LogP contribution in [0.4, 0.5) is 4.39 Å². The van der Waals surface area contributed by atoms with E-state index >= 15 is 0 Å². The van der Waals surface area contributed by atoms with Crippen LogP contribution in [0.1, 0.15) is 23.1 Å². The highest BCUT2D eigenvalue weighted by atomic mass is 19.1. The van der Waals surface area contributed by atoms with Crippen molar-refractivity contribution < 1.29 is 13.7 Å². The van der Waals surface area contributed by atoms with Crippen LogP contribution in [0.15, 0.2) is 47.0 Å². The second kappa shape index (κ2) is 6.29. The van der Waals surface area contributed by atoms with E-state index in [0.717, 1.165) is 17.7 Å². The lowest BCUT2D eigenvalue weighted by Gasteiger charge is -2.09. The van der Waals surface area contributed by atoms with Gasteiger partial charge in [0.25, 0.3) is 5.89 Å². The maximum atomic E-state index is 13.8. The Morgan fingerprint density at radius 3 is 2.68 bits per heavy atom. The first-order valence-corrected chi connectivity index (χ1v) is 8.12. The van der Waals surface area contributed by atoms with E-state index in [0.29, 0.717) is 18.1 Å². The maximum absolute atomic E-state index is 13.8. The molecule has 0 bridgehead atoms. The van der Waals surface area contributed by atoms with Gasteiger partial charge in [-0.1, -0.05) is 41.6 Å². The first kappa shape index (κ1) is 15.8. The number of fused-ring (bicyclic) bond motifs is 1. The van der Waals surface area contributed by atoms with Gasteiger partial charge in [-0.05, 0) is 25.7 Å². The van der Waals surface area contributed by atoms with Gasteiger partial charge in [0.1, 0.15) is 0 Å². The summed E-state index contributed by atoms with van der Waals surface area (Å²) in [5, 5.41) is 4.04. The van der Waals surface area contributed by atoms with Gasteiger partial charge in [-0.2, -0.15) is 4.98 Å². The standard InChI is InChI=1S/C19H18FN3O2/c1-23(2)11-12-6-8-13(9-7-12)18-21-19(25-22-18)16-10-14-4-3-5-15(20)17(14)24-16/h3-9,16H,10-11H2,1-2H3. The van der Waals surface area contributed by atoms with E-state index in [1.807, 2.05) is 44.4 Å². The smallest absolute Gasteiger partial charge is 0.268 e. The molecule has 0 saturated heterocycles. The summed E-state index contributed by atoms with van der Waals surface area (Å²) in [5.41, 5.74) is 2.90. The molecule has 0 saturated carbocycles. The molecule has 25 heavy (non-hydrogen) atoms. The highest BCUT2D eigenvalue weighted by Gasteiger charge is 2.31. The van der Waals surface area contributed by atoms with Gasteiger partial charge in [-0.25, -0.2) is 4.39 Å². The molecule has 6 heteroatoms. The molecule has 1 atom stereocenters. The predicted octanol–water partition coefficient (Wildman–Crippen LogP) is 3.61. The second-order valence-electron chi connectivity index (χ2n) is 6.43. The molecule has 1 aromatic heterocycles. The van der Waals surface area contributed by atoms with Crippen molar-refractivity contribution in [3.8, 4) is 17.1 Å². The van der Waals surface area contributed by atoms with Crippen LogP contribution in [0.2, 0.25) is 0 Å². The van der Waals surface area contributed by atoms with Gasteiger partial charge in [0.05, 0.1) is 0 Å². The van der Waals surface area contributed by atoms with Gasteiger partial charge in [0.2, 0.25) is 5.82 Å². The average Bonchev–Trinajstić information content (AvgIpc) is 3.22. The van der Waals surface area contributed by atoms with E-state index in [1.165, 1.54) is 11.6 Å². The van der Waals surface area contributed by atoms with E-state index in [9.17, 15) is 4.39 Å². The molecule has 2 aromatic carbocycles. The largest absolute Gasteiger partial charge is 0.477 e. The highest BCUT2D eigenvalue weighted by Crippen LogP contribution is 2.38. The first-order valence-electron chi connectivity index (χ1n) is 8.12. The molecule has 0 spiro atoms. The van der Waals surface area contributed by atoms with E-state index in [1.54, 1.807) is 6.07 Å². The second-order valence-corrected chi connectivity index (χ2v) is 6.43. The van der Waals surface area contributed by atoms with Crippen LogP contribution in [0, 0.1) is 5.82 Å². The Balaban J connectivity index is 1.52. The molecule has 0 amide bonds. The Hall–Kier alpha value is -2.73. The number of para-hydroxylation sites is 1. The summed E-state index contributed by atoms with van der Waals surface area (Å²) in [7, 11) is 4.06. The molecular formula is C19H18FN3O2. The number of hydrogen-bond acceptors (Lipinski definition) is 5. The third-order valence-corrected chi connectivity index (χ3v) is 4.14. The lowest BCUT2D eigenvalue weighted by atomic mass is 10.1. The average molecular weight is 339 g/mol. The van der Waals surface area contributed by atoms with Crippen molar-refractivity contribution in [3.63, 3.8) is 0 Å². The fourth-order valence-electron chi connectivity index (χ4n) is 2.98. The highest BCUT2D eigenvalue weighted by molar-refractivity contribution is 5.54. The molecule has 1 aliphatic rings. The fraction of sp³-hybridized carbons (Fsp3) is 0.263. The lowest BCUT2D eigenvalue weighted by Crippen LogP contribution is -2.10. The van der Waals surface area contributed by atoms with Gasteiger partial charge in [0.15, 0.2) is 17.7 Å². The van der Waals surface area contributed by atoms with Crippen LogP contribution in [-0.4, -0.2) is 29.1 Å². The van der Waals surface area contributed by atoms with Crippen LogP contribution in [-0.2, 0) is 13.0 Å². The van der Waals surface area contributed by atoms with Crippen molar-refractivity contribution in [2.24, 2.45) is 0 Å². The van der Waals surface area contributed by atoms with Crippen LogP contribution in [0.25, 0.3) is 11.4 Å². The summed E-state index contributed by atoms with van der Waals surface area (Å²) in [6.45, 7) is 0.873. The minimum atomic E-state index is -0.443. The predicted molar refractivity (Wildman–Crippen MR) is 90.6 cm³/mol. The Bertz CT molecular complexity index is 890. The van der Waals surface area contributed by atoms with E-state index in [4.69, 9.17) is 9.26 Å². The third kappa shape index (κ3) is 3.13. The monoisotopic (exact) mass is 339 g/mol. The zero-order chi connectivity index (χ0) is 17.4.